The Balaban J connectivity index is 1.89. The molecule has 1 amide bonds. The second-order valence-electron chi connectivity index (χ2n) is 5.22. The molecule has 1 aliphatic rings. The molecular weight excluding hydrogens is 356 g/mol. The summed E-state index contributed by atoms with van der Waals surface area (Å²) in [6.07, 6.45) is 1.71. The van der Waals surface area contributed by atoms with Crippen LogP contribution in [-0.2, 0) is 10.0 Å². The first-order valence-corrected chi connectivity index (χ1v) is 9.88. The molecule has 1 aromatic carbocycles. The third-order valence-electron chi connectivity index (χ3n) is 3.66. The van der Waals surface area contributed by atoms with E-state index in [4.69, 9.17) is 11.6 Å². The molecule has 0 spiro atoms. The predicted molar refractivity (Wildman–Crippen MR) is 91.7 cm³/mol. The molecule has 1 saturated heterocycles. The fourth-order valence-electron chi connectivity index (χ4n) is 2.44. The highest BCUT2D eigenvalue weighted by Gasteiger charge is 2.29. The van der Waals surface area contributed by atoms with E-state index in [0.29, 0.717) is 24.3 Å². The van der Waals surface area contributed by atoms with Crippen LogP contribution in [-0.4, -0.2) is 31.7 Å². The van der Waals surface area contributed by atoms with Gasteiger partial charge in [-0.2, -0.15) is 15.6 Å². The summed E-state index contributed by atoms with van der Waals surface area (Å²) in [6.45, 7) is 1.01. The molecular formula is C15H15ClN2O3S2. The standard InChI is InChI=1S/C15H15ClN2O3S2/c16-13-4-3-12(17-15(19)11-5-8-22-10-11)9-14(13)23(20,21)18-6-1-2-7-18/h3-5,8-10H,1-2,6-7H2,(H,17,19). The van der Waals surface area contributed by atoms with Crippen molar-refractivity contribution in [2.75, 3.05) is 18.4 Å². The number of sulfonamides is 1. The molecule has 5 nitrogen and oxygen atoms in total. The third kappa shape index (κ3) is 3.42. The van der Waals surface area contributed by atoms with Crippen LogP contribution in [0.25, 0.3) is 0 Å². The SMILES string of the molecule is O=C(Nc1ccc(Cl)c(S(=O)(=O)N2CCCC2)c1)c1ccsc1. The maximum Gasteiger partial charge on any atom is 0.256 e. The number of halogens is 1. The van der Waals surface area contributed by atoms with Crippen LogP contribution in [0.4, 0.5) is 5.69 Å². The molecule has 1 aromatic heterocycles. The molecule has 0 bridgehead atoms. The number of nitrogens with one attached hydrogen (secondary N) is 1. The first-order chi connectivity index (χ1) is 11.0. The summed E-state index contributed by atoms with van der Waals surface area (Å²) in [6, 6.07) is 6.21. The molecule has 0 saturated carbocycles. The average molecular weight is 371 g/mol. The van der Waals surface area contributed by atoms with E-state index in [1.54, 1.807) is 22.9 Å². The van der Waals surface area contributed by atoms with Gasteiger partial charge in [0.05, 0.1) is 10.6 Å². The maximum absolute atomic E-state index is 12.7. The lowest BCUT2D eigenvalue weighted by molar-refractivity contribution is 0.102. The highest BCUT2D eigenvalue weighted by molar-refractivity contribution is 7.89. The van der Waals surface area contributed by atoms with Crippen LogP contribution in [0.3, 0.4) is 0 Å². The Bertz CT molecular complexity index is 813. The molecule has 1 fully saturated rings. The summed E-state index contributed by atoms with van der Waals surface area (Å²) in [5.41, 5.74) is 0.942. The predicted octanol–water partition coefficient (Wildman–Crippen LogP) is 3.44. The second kappa shape index (κ2) is 6.60. The van der Waals surface area contributed by atoms with E-state index in [0.717, 1.165) is 12.8 Å². The molecule has 8 heteroatoms. The molecule has 122 valence electrons. The van der Waals surface area contributed by atoms with Gasteiger partial charge in [0, 0.05) is 24.2 Å². The maximum atomic E-state index is 12.7. The first-order valence-electron chi connectivity index (χ1n) is 7.12. The van der Waals surface area contributed by atoms with E-state index in [9.17, 15) is 13.2 Å². The summed E-state index contributed by atoms with van der Waals surface area (Å²) < 4.78 is 26.7. The van der Waals surface area contributed by atoms with Crippen LogP contribution in [0.2, 0.25) is 5.02 Å². The Morgan fingerprint density at radius 1 is 1.22 bits per heavy atom. The van der Waals surface area contributed by atoms with Crippen molar-refractivity contribution in [2.45, 2.75) is 17.7 Å². The Morgan fingerprint density at radius 2 is 1.96 bits per heavy atom. The monoisotopic (exact) mass is 370 g/mol. The van der Waals surface area contributed by atoms with Gasteiger partial charge in [-0.3, -0.25) is 4.79 Å². The van der Waals surface area contributed by atoms with Crippen molar-refractivity contribution >= 4 is 44.6 Å². The van der Waals surface area contributed by atoms with Crippen LogP contribution in [0.5, 0.6) is 0 Å². The van der Waals surface area contributed by atoms with Crippen molar-refractivity contribution in [3.63, 3.8) is 0 Å². The van der Waals surface area contributed by atoms with Crippen LogP contribution >= 0.6 is 22.9 Å². The molecule has 0 unspecified atom stereocenters. The van der Waals surface area contributed by atoms with Gasteiger partial charge in [-0.05, 0) is 42.5 Å². The van der Waals surface area contributed by atoms with Crippen molar-refractivity contribution in [3.05, 3.63) is 45.6 Å². The molecule has 2 heterocycles. The molecule has 0 radical (unpaired) electrons. The Kier molecular flexibility index (Phi) is 4.72. The zero-order chi connectivity index (χ0) is 16.4. The highest BCUT2D eigenvalue weighted by atomic mass is 35.5. The minimum absolute atomic E-state index is 0.0317. The van der Waals surface area contributed by atoms with Crippen molar-refractivity contribution in [3.8, 4) is 0 Å². The van der Waals surface area contributed by atoms with Gasteiger partial charge in [-0.1, -0.05) is 11.6 Å². The Hall–Kier alpha value is -1.41. The zero-order valence-corrected chi connectivity index (χ0v) is 14.5. The van der Waals surface area contributed by atoms with Crippen LogP contribution in [0.15, 0.2) is 39.9 Å². The summed E-state index contributed by atoms with van der Waals surface area (Å²) >= 11 is 7.50. The Labute approximate surface area is 143 Å². The third-order valence-corrected chi connectivity index (χ3v) is 6.72. The van der Waals surface area contributed by atoms with E-state index < -0.39 is 10.0 Å². The average Bonchev–Trinajstić information content (AvgIpc) is 3.22. The van der Waals surface area contributed by atoms with E-state index in [-0.39, 0.29) is 15.8 Å². The van der Waals surface area contributed by atoms with E-state index in [2.05, 4.69) is 5.32 Å². The minimum Gasteiger partial charge on any atom is -0.322 e. The number of hydrogen-bond acceptors (Lipinski definition) is 4. The lowest BCUT2D eigenvalue weighted by atomic mass is 10.3. The van der Waals surface area contributed by atoms with Gasteiger partial charge >= 0.3 is 0 Å². The van der Waals surface area contributed by atoms with Gasteiger partial charge < -0.3 is 5.32 Å². The molecule has 3 rings (SSSR count). The van der Waals surface area contributed by atoms with Crippen LogP contribution in [0, 0.1) is 0 Å². The molecule has 0 aliphatic carbocycles. The van der Waals surface area contributed by atoms with Crippen molar-refractivity contribution in [1.82, 2.24) is 4.31 Å². The zero-order valence-electron chi connectivity index (χ0n) is 12.2. The van der Waals surface area contributed by atoms with Gasteiger partial charge in [0.2, 0.25) is 10.0 Å². The summed E-state index contributed by atoms with van der Waals surface area (Å²) in [5.74, 6) is -0.280. The van der Waals surface area contributed by atoms with Crippen LogP contribution in [0.1, 0.15) is 23.2 Å². The van der Waals surface area contributed by atoms with E-state index >= 15 is 0 Å². The second-order valence-corrected chi connectivity index (χ2v) is 8.32. The minimum atomic E-state index is -3.63. The van der Waals surface area contributed by atoms with Gasteiger partial charge in [-0.25, -0.2) is 8.42 Å². The van der Waals surface area contributed by atoms with Gasteiger partial charge in [0.1, 0.15) is 4.90 Å². The van der Waals surface area contributed by atoms with Crippen LogP contribution < -0.4 is 5.32 Å². The number of rotatable bonds is 4. The normalized spacial score (nSPS) is 15.7. The quantitative estimate of drug-likeness (QED) is 0.896. The smallest absolute Gasteiger partial charge is 0.256 e. The lowest BCUT2D eigenvalue weighted by Gasteiger charge is -2.17. The molecule has 1 N–H and O–H groups in total. The first kappa shape index (κ1) is 16.4. The fraction of sp³-hybridized carbons (Fsp3) is 0.267. The number of thiophene rings is 1. The van der Waals surface area contributed by atoms with Gasteiger partial charge in [0.15, 0.2) is 0 Å². The number of carbonyl (C=O) groups is 1. The Morgan fingerprint density at radius 3 is 2.61 bits per heavy atom. The summed E-state index contributed by atoms with van der Waals surface area (Å²) in [7, 11) is -3.63. The molecule has 0 atom stereocenters. The van der Waals surface area contributed by atoms with Crippen molar-refractivity contribution < 1.29 is 13.2 Å². The van der Waals surface area contributed by atoms with E-state index in [1.807, 2.05) is 0 Å². The van der Waals surface area contributed by atoms with Gasteiger partial charge in [-0.15, -0.1) is 0 Å². The summed E-state index contributed by atoms with van der Waals surface area (Å²) in [4.78, 5) is 12.1. The summed E-state index contributed by atoms with van der Waals surface area (Å²) in [5, 5.41) is 6.39. The molecule has 1 aliphatic heterocycles. The number of hydrogen-bond donors (Lipinski definition) is 1. The lowest BCUT2D eigenvalue weighted by Crippen LogP contribution is -2.28. The fourth-order valence-corrected chi connectivity index (χ4v) is 5.10. The number of benzene rings is 1. The number of anilines is 1. The molecule has 2 aromatic rings. The van der Waals surface area contributed by atoms with Gasteiger partial charge in [0.25, 0.3) is 5.91 Å². The number of amides is 1. The largest absolute Gasteiger partial charge is 0.322 e. The topological polar surface area (TPSA) is 66.5 Å². The van der Waals surface area contributed by atoms with E-state index in [1.165, 1.54) is 27.8 Å². The number of carbonyl (C=O) groups excluding carboxylic acids is 1. The van der Waals surface area contributed by atoms with Crippen molar-refractivity contribution in [1.29, 1.82) is 0 Å². The number of nitrogens with zero attached hydrogens (tertiary/aromatic N) is 1. The highest BCUT2D eigenvalue weighted by Crippen LogP contribution is 2.29. The molecule has 23 heavy (non-hydrogen) atoms. The van der Waals surface area contributed by atoms with Crippen molar-refractivity contribution in [2.24, 2.45) is 0 Å².